The predicted octanol–water partition coefficient (Wildman–Crippen LogP) is 6.66. The maximum absolute atomic E-state index is 6.08. The number of benzene rings is 3. The largest absolute Gasteiger partial charge is 0.457 e. The molecule has 5 aromatic rings. The average molecular weight is 394 g/mol. The predicted molar refractivity (Wildman–Crippen MR) is 117 cm³/mol. The number of hydrogen-bond donors (Lipinski definition) is 1. The Morgan fingerprint density at radius 1 is 0.700 bits per heavy atom. The number of rotatable bonds is 5. The highest BCUT2D eigenvalue weighted by atomic mass is 16.5. The van der Waals surface area contributed by atoms with Crippen molar-refractivity contribution in [3.8, 4) is 34.3 Å². The first kappa shape index (κ1) is 17.8. The first-order valence-electron chi connectivity index (χ1n) is 9.50. The van der Waals surface area contributed by atoms with Crippen molar-refractivity contribution in [1.29, 1.82) is 0 Å². The van der Waals surface area contributed by atoms with Crippen molar-refractivity contribution < 1.29 is 13.9 Å². The first-order valence-corrected chi connectivity index (χ1v) is 9.50. The van der Waals surface area contributed by atoms with Gasteiger partial charge in [0.15, 0.2) is 11.3 Å². The summed E-state index contributed by atoms with van der Waals surface area (Å²) in [5.41, 5.74) is 8.82. The van der Waals surface area contributed by atoms with Crippen LogP contribution in [0.3, 0.4) is 0 Å². The Morgan fingerprint density at radius 2 is 1.37 bits per heavy atom. The molecule has 3 aromatic carbocycles. The number of pyridine rings is 1. The fourth-order valence-electron chi connectivity index (χ4n) is 3.18. The fourth-order valence-corrected chi connectivity index (χ4v) is 3.18. The minimum atomic E-state index is 0.570. The number of furan rings is 1. The van der Waals surface area contributed by atoms with Crippen molar-refractivity contribution in [2.75, 3.05) is 5.73 Å². The second-order valence-electron chi connectivity index (χ2n) is 6.71. The lowest BCUT2D eigenvalue weighted by molar-refractivity contribution is 0.465. The van der Waals surface area contributed by atoms with Gasteiger partial charge in [0, 0.05) is 29.6 Å². The molecular weight excluding hydrogens is 376 g/mol. The Hall–Kier alpha value is -4.25. The van der Waals surface area contributed by atoms with Gasteiger partial charge in [-0.3, -0.25) is 4.98 Å². The highest BCUT2D eigenvalue weighted by Gasteiger charge is 2.14. The van der Waals surface area contributed by atoms with Crippen molar-refractivity contribution in [3.05, 3.63) is 97.2 Å². The molecule has 0 amide bonds. The van der Waals surface area contributed by atoms with Gasteiger partial charge in [-0.05, 0) is 48.5 Å². The molecule has 5 heteroatoms. The van der Waals surface area contributed by atoms with Crippen LogP contribution in [0.5, 0.6) is 23.0 Å². The second kappa shape index (κ2) is 7.64. The zero-order chi connectivity index (χ0) is 20.3. The third-order valence-electron chi connectivity index (χ3n) is 4.63. The van der Waals surface area contributed by atoms with Gasteiger partial charge in [-0.2, -0.15) is 0 Å². The minimum Gasteiger partial charge on any atom is -0.457 e. The molecule has 0 aliphatic heterocycles. The van der Waals surface area contributed by atoms with Crippen LogP contribution < -0.4 is 15.2 Å². The van der Waals surface area contributed by atoms with Crippen LogP contribution >= 0.6 is 0 Å². The molecule has 2 N–H and O–H groups in total. The van der Waals surface area contributed by atoms with E-state index in [1.807, 2.05) is 84.9 Å². The van der Waals surface area contributed by atoms with Gasteiger partial charge in [-0.25, -0.2) is 0 Å². The topological polar surface area (TPSA) is 70.5 Å². The molecule has 0 radical (unpaired) electrons. The lowest BCUT2D eigenvalue weighted by atomic mass is 10.1. The van der Waals surface area contributed by atoms with Gasteiger partial charge in [0.1, 0.15) is 28.5 Å². The number of nitrogens with two attached hydrogens (primary N) is 1. The molecule has 0 bridgehead atoms. The molecule has 0 atom stereocenters. The van der Waals surface area contributed by atoms with Gasteiger partial charge in [0.05, 0.1) is 0 Å². The summed E-state index contributed by atoms with van der Waals surface area (Å²) in [5.74, 6) is 3.41. The van der Waals surface area contributed by atoms with Gasteiger partial charge in [-0.1, -0.05) is 30.3 Å². The van der Waals surface area contributed by atoms with Crippen LogP contribution in [0.4, 0.5) is 5.69 Å². The number of aromatic nitrogens is 1. The molecule has 0 saturated carbocycles. The van der Waals surface area contributed by atoms with Crippen LogP contribution in [0.15, 0.2) is 102 Å². The highest BCUT2D eigenvalue weighted by molar-refractivity contribution is 5.86. The summed E-state index contributed by atoms with van der Waals surface area (Å²) >= 11 is 0. The van der Waals surface area contributed by atoms with Gasteiger partial charge < -0.3 is 19.6 Å². The standard InChI is InChI=1S/C25H18N2O3/c26-21-9-5-4-8-20(21)24-16-22-25(30-24)23(14-15-27-22)29-19-12-10-18(11-13-19)28-17-6-2-1-3-7-17/h1-16H,26H2. The first-order chi connectivity index (χ1) is 14.8. The maximum Gasteiger partial charge on any atom is 0.195 e. The van der Waals surface area contributed by atoms with Crippen molar-refractivity contribution in [2.45, 2.75) is 0 Å². The highest BCUT2D eigenvalue weighted by Crippen LogP contribution is 2.36. The van der Waals surface area contributed by atoms with E-state index in [2.05, 4.69) is 4.98 Å². The molecular formula is C25H18N2O3. The second-order valence-corrected chi connectivity index (χ2v) is 6.71. The summed E-state index contributed by atoms with van der Waals surface area (Å²) in [6, 6.07) is 28.3. The molecule has 0 spiro atoms. The van der Waals surface area contributed by atoms with Crippen LogP contribution in [0.1, 0.15) is 0 Å². The summed E-state index contributed by atoms with van der Waals surface area (Å²) in [4.78, 5) is 4.39. The number of nitrogens with zero attached hydrogens (tertiary/aromatic N) is 1. The summed E-state index contributed by atoms with van der Waals surface area (Å²) in [5, 5.41) is 0. The van der Waals surface area contributed by atoms with E-state index in [1.165, 1.54) is 0 Å². The molecule has 0 fully saturated rings. The Bertz CT molecular complexity index is 1300. The third kappa shape index (κ3) is 3.56. The van der Waals surface area contributed by atoms with E-state index in [0.29, 0.717) is 34.0 Å². The van der Waals surface area contributed by atoms with Crippen LogP contribution in [-0.4, -0.2) is 4.98 Å². The molecule has 0 saturated heterocycles. The molecule has 2 aromatic heterocycles. The monoisotopic (exact) mass is 394 g/mol. The number of nitrogen functional groups attached to an aromatic ring is 1. The molecule has 5 nitrogen and oxygen atoms in total. The Kier molecular flexibility index (Phi) is 4.54. The van der Waals surface area contributed by atoms with Crippen molar-refractivity contribution >= 4 is 16.8 Å². The SMILES string of the molecule is Nc1ccccc1-c1cc2nccc(Oc3ccc(Oc4ccccc4)cc3)c2o1. The van der Waals surface area contributed by atoms with Crippen LogP contribution in [0.25, 0.3) is 22.4 Å². The third-order valence-corrected chi connectivity index (χ3v) is 4.63. The molecule has 5 rings (SSSR count). The van der Waals surface area contributed by atoms with Crippen molar-refractivity contribution in [3.63, 3.8) is 0 Å². The van der Waals surface area contributed by atoms with Crippen molar-refractivity contribution in [2.24, 2.45) is 0 Å². The number of ether oxygens (including phenoxy) is 2. The zero-order valence-electron chi connectivity index (χ0n) is 16.0. The average Bonchev–Trinajstić information content (AvgIpc) is 3.21. The number of anilines is 1. The molecule has 0 unspecified atom stereocenters. The van der Waals surface area contributed by atoms with E-state index in [9.17, 15) is 0 Å². The van der Waals surface area contributed by atoms with E-state index in [1.54, 1.807) is 12.3 Å². The van der Waals surface area contributed by atoms with Gasteiger partial charge in [0.25, 0.3) is 0 Å². The number of fused-ring (bicyclic) bond motifs is 1. The normalized spacial score (nSPS) is 10.8. The quantitative estimate of drug-likeness (QED) is 0.337. The summed E-state index contributed by atoms with van der Waals surface area (Å²) in [7, 11) is 0. The van der Waals surface area contributed by atoms with Crippen LogP contribution in [-0.2, 0) is 0 Å². The minimum absolute atomic E-state index is 0.570. The van der Waals surface area contributed by atoms with Gasteiger partial charge in [-0.15, -0.1) is 0 Å². The molecule has 2 heterocycles. The van der Waals surface area contributed by atoms with Crippen LogP contribution in [0, 0.1) is 0 Å². The molecule has 0 aliphatic rings. The van der Waals surface area contributed by atoms with Gasteiger partial charge in [0.2, 0.25) is 0 Å². The van der Waals surface area contributed by atoms with Crippen molar-refractivity contribution in [1.82, 2.24) is 4.98 Å². The Labute approximate surface area is 173 Å². The Balaban J connectivity index is 1.41. The summed E-state index contributed by atoms with van der Waals surface area (Å²) in [6.07, 6.45) is 1.69. The molecule has 0 aliphatic carbocycles. The zero-order valence-corrected chi connectivity index (χ0v) is 16.0. The van der Waals surface area contributed by atoms with E-state index < -0.39 is 0 Å². The number of hydrogen-bond acceptors (Lipinski definition) is 5. The fraction of sp³-hybridized carbons (Fsp3) is 0. The number of para-hydroxylation sites is 2. The van der Waals surface area contributed by atoms with E-state index in [0.717, 1.165) is 17.1 Å². The maximum atomic E-state index is 6.08. The molecule has 30 heavy (non-hydrogen) atoms. The lowest BCUT2D eigenvalue weighted by Gasteiger charge is -2.08. The Morgan fingerprint density at radius 3 is 2.13 bits per heavy atom. The smallest absolute Gasteiger partial charge is 0.195 e. The lowest BCUT2D eigenvalue weighted by Crippen LogP contribution is -1.87. The van der Waals surface area contributed by atoms with E-state index in [4.69, 9.17) is 19.6 Å². The molecule has 146 valence electrons. The summed E-state index contributed by atoms with van der Waals surface area (Å²) in [6.45, 7) is 0. The van der Waals surface area contributed by atoms with Crippen LogP contribution in [0.2, 0.25) is 0 Å². The van der Waals surface area contributed by atoms with E-state index in [-0.39, 0.29) is 0 Å². The summed E-state index contributed by atoms with van der Waals surface area (Å²) < 4.78 is 17.9. The van der Waals surface area contributed by atoms with Gasteiger partial charge >= 0.3 is 0 Å². The van der Waals surface area contributed by atoms with E-state index >= 15 is 0 Å².